The molecule has 0 amide bonds. The van der Waals surface area contributed by atoms with Gasteiger partial charge in [0.25, 0.3) is 0 Å². The van der Waals surface area contributed by atoms with Crippen LogP contribution in [0, 0.1) is 6.92 Å². The number of aliphatic hydroxyl groups excluding tert-OH is 3. The molecule has 0 saturated heterocycles. The van der Waals surface area contributed by atoms with Gasteiger partial charge in [-0.3, -0.25) is 0 Å². The van der Waals surface area contributed by atoms with Crippen molar-refractivity contribution in [1.29, 1.82) is 0 Å². The Balaban J connectivity index is -0.000000108. The second-order valence-electron chi connectivity index (χ2n) is 4.20. The quantitative estimate of drug-likeness (QED) is 0.673. The van der Waals surface area contributed by atoms with Crippen LogP contribution in [-0.2, 0) is 31.6 Å². The normalized spacial score (nSPS) is 8.45. The molecular formula is C16H31O3Zr-. The molecule has 1 rings (SSSR count). The molecule has 0 atom stereocenters. The Morgan fingerprint density at radius 2 is 1.10 bits per heavy atom. The maximum atomic E-state index is 7.57. The van der Waals surface area contributed by atoms with Gasteiger partial charge in [-0.05, 0) is 20.8 Å². The van der Waals surface area contributed by atoms with Crippen LogP contribution < -0.4 is 0 Å². The summed E-state index contributed by atoms with van der Waals surface area (Å²) in [6.45, 7) is 14.1. The van der Waals surface area contributed by atoms with Gasteiger partial charge in [0.15, 0.2) is 0 Å². The van der Waals surface area contributed by atoms with Crippen molar-refractivity contribution < 1.29 is 41.5 Å². The van der Waals surface area contributed by atoms with Crippen molar-refractivity contribution in [2.45, 2.75) is 40.0 Å². The molecule has 0 fully saturated rings. The second-order valence-corrected chi connectivity index (χ2v) is 4.20. The van der Waals surface area contributed by atoms with Crippen molar-refractivity contribution in [3.8, 4) is 0 Å². The molecule has 0 saturated carbocycles. The van der Waals surface area contributed by atoms with Gasteiger partial charge >= 0.3 is 0 Å². The van der Waals surface area contributed by atoms with Crippen molar-refractivity contribution in [1.82, 2.24) is 0 Å². The Hall–Kier alpha value is -0.0169. The summed E-state index contributed by atoms with van der Waals surface area (Å²) in [6, 6.07) is 10.3. The van der Waals surface area contributed by atoms with Gasteiger partial charge in [0.2, 0.25) is 0 Å². The fourth-order valence-corrected chi connectivity index (χ4v) is 0.889. The smallest absolute Gasteiger partial charge is 0.0402 e. The monoisotopic (exact) mass is 361 g/mol. The van der Waals surface area contributed by atoms with E-state index in [1.54, 1.807) is 20.8 Å². The summed E-state index contributed by atoms with van der Waals surface area (Å²) in [5.74, 6) is 0. The molecule has 3 N–H and O–H groups in total. The SMILES string of the molecule is CCO.CCO.CCO.[CH2-]C(C)(C)c1ccccc1.[Zr]. The molecule has 4 heteroatoms. The number of hydrogen-bond donors (Lipinski definition) is 3. The Labute approximate surface area is 144 Å². The van der Waals surface area contributed by atoms with Crippen LogP contribution in [0.25, 0.3) is 0 Å². The van der Waals surface area contributed by atoms with Crippen LogP contribution in [0.3, 0.4) is 0 Å². The van der Waals surface area contributed by atoms with Crippen LogP contribution in [0.2, 0.25) is 0 Å². The molecule has 1 aromatic rings. The van der Waals surface area contributed by atoms with Gasteiger partial charge in [-0.25, -0.2) is 0 Å². The molecule has 0 bridgehead atoms. The minimum Gasteiger partial charge on any atom is -0.397 e. The average molecular weight is 363 g/mol. The van der Waals surface area contributed by atoms with Crippen molar-refractivity contribution in [2.75, 3.05) is 19.8 Å². The largest absolute Gasteiger partial charge is 0.397 e. The summed E-state index contributed by atoms with van der Waals surface area (Å²) in [7, 11) is 0. The number of hydrogen-bond acceptors (Lipinski definition) is 3. The number of benzene rings is 1. The Morgan fingerprint density at radius 3 is 1.25 bits per heavy atom. The standard InChI is InChI=1S/C10H13.3C2H6O.Zr/c1-10(2,3)9-7-5-4-6-8-9;3*1-2-3;/h4-8H,1H2,2-3H3;3*3H,2H2,1H3;/q-1;;;;. The first-order valence-electron chi connectivity index (χ1n) is 6.58. The van der Waals surface area contributed by atoms with E-state index in [2.05, 4.69) is 32.9 Å². The zero-order valence-corrected chi connectivity index (χ0v) is 16.0. The van der Waals surface area contributed by atoms with Crippen LogP contribution in [0.15, 0.2) is 30.3 Å². The number of rotatable bonds is 1. The first-order valence-corrected chi connectivity index (χ1v) is 6.58. The summed E-state index contributed by atoms with van der Waals surface area (Å²) < 4.78 is 0. The van der Waals surface area contributed by atoms with E-state index in [1.165, 1.54) is 5.56 Å². The van der Waals surface area contributed by atoms with E-state index in [9.17, 15) is 0 Å². The van der Waals surface area contributed by atoms with Crippen LogP contribution in [-0.4, -0.2) is 35.1 Å². The van der Waals surface area contributed by atoms with Gasteiger partial charge < -0.3 is 22.2 Å². The predicted octanol–water partition coefficient (Wildman–Crippen LogP) is 2.79. The van der Waals surface area contributed by atoms with Crippen molar-refractivity contribution in [2.24, 2.45) is 0 Å². The van der Waals surface area contributed by atoms with Crippen LogP contribution in [0.1, 0.15) is 40.2 Å². The molecule has 20 heavy (non-hydrogen) atoms. The Morgan fingerprint density at radius 1 is 0.850 bits per heavy atom. The summed E-state index contributed by atoms with van der Waals surface area (Å²) in [4.78, 5) is 0. The molecular weight excluding hydrogens is 331 g/mol. The summed E-state index contributed by atoms with van der Waals surface area (Å²) >= 11 is 0. The van der Waals surface area contributed by atoms with E-state index >= 15 is 0 Å². The molecule has 0 aliphatic carbocycles. The van der Waals surface area contributed by atoms with Gasteiger partial charge in [0.05, 0.1) is 0 Å². The molecule has 1 aromatic carbocycles. The fraction of sp³-hybridized carbons (Fsp3) is 0.562. The zero-order valence-electron chi connectivity index (χ0n) is 13.6. The Bertz CT molecular complexity index is 241. The van der Waals surface area contributed by atoms with Crippen LogP contribution in [0.5, 0.6) is 0 Å². The summed E-state index contributed by atoms with van der Waals surface area (Å²) in [5.41, 5.74) is 1.33. The van der Waals surface area contributed by atoms with Gasteiger partial charge in [0, 0.05) is 46.0 Å². The maximum Gasteiger partial charge on any atom is 0.0402 e. The molecule has 0 aliphatic heterocycles. The average Bonchev–Trinajstić information content (AvgIpc) is 2.32. The molecule has 0 unspecified atom stereocenters. The topological polar surface area (TPSA) is 60.7 Å². The molecule has 118 valence electrons. The minimum atomic E-state index is 0. The van der Waals surface area contributed by atoms with Crippen LogP contribution in [0.4, 0.5) is 0 Å². The molecule has 0 heterocycles. The molecule has 3 nitrogen and oxygen atoms in total. The van der Waals surface area contributed by atoms with Crippen molar-refractivity contribution in [3.63, 3.8) is 0 Å². The third-order valence-electron chi connectivity index (χ3n) is 1.56. The van der Waals surface area contributed by atoms with E-state index in [0.29, 0.717) is 0 Å². The van der Waals surface area contributed by atoms with Crippen molar-refractivity contribution in [3.05, 3.63) is 42.8 Å². The van der Waals surface area contributed by atoms with Gasteiger partial charge in [0.1, 0.15) is 0 Å². The van der Waals surface area contributed by atoms with Gasteiger partial charge in [-0.15, -0.1) is 5.41 Å². The first kappa shape index (κ1) is 28.2. The first-order chi connectivity index (χ1) is 8.85. The Kier molecular flexibility index (Phi) is 30.0. The molecule has 0 spiro atoms. The van der Waals surface area contributed by atoms with E-state index in [-0.39, 0.29) is 51.4 Å². The van der Waals surface area contributed by atoms with Gasteiger partial charge in [-0.1, -0.05) is 49.7 Å². The van der Waals surface area contributed by atoms with Gasteiger partial charge in [-0.2, -0.15) is 0 Å². The fourth-order valence-electron chi connectivity index (χ4n) is 0.889. The second kappa shape index (κ2) is 21.3. The van der Waals surface area contributed by atoms with E-state index < -0.39 is 0 Å². The van der Waals surface area contributed by atoms with E-state index in [1.807, 2.05) is 18.2 Å². The molecule has 0 aliphatic rings. The predicted molar refractivity (Wildman–Crippen MR) is 83.1 cm³/mol. The third-order valence-corrected chi connectivity index (χ3v) is 1.56. The van der Waals surface area contributed by atoms with E-state index in [4.69, 9.17) is 15.3 Å². The number of aliphatic hydroxyl groups is 3. The van der Waals surface area contributed by atoms with E-state index in [0.717, 1.165) is 0 Å². The third kappa shape index (κ3) is 26.5. The van der Waals surface area contributed by atoms with Crippen molar-refractivity contribution >= 4 is 0 Å². The summed E-state index contributed by atoms with van der Waals surface area (Å²) in [6.07, 6.45) is 0. The zero-order chi connectivity index (χ0) is 15.7. The maximum absolute atomic E-state index is 7.57. The minimum absolute atomic E-state index is 0. The summed E-state index contributed by atoms with van der Waals surface area (Å²) in [5, 5.41) is 22.7. The molecule has 0 radical (unpaired) electrons. The van der Waals surface area contributed by atoms with Crippen LogP contribution >= 0.6 is 0 Å². The molecule has 0 aromatic heterocycles.